The second-order valence-corrected chi connectivity index (χ2v) is 6.08. The van der Waals surface area contributed by atoms with Crippen LogP contribution >= 0.6 is 15.9 Å². The molecule has 0 radical (unpaired) electrons. The van der Waals surface area contributed by atoms with Crippen LogP contribution in [0, 0.1) is 17.7 Å². The predicted octanol–water partition coefficient (Wildman–Crippen LogP) is 4.14. The number of hydrogen-bond acceptors (Lipinski definition) is 1. The third kappa shape index (κ3) is 2.99. The highest BCUT2D eigenvalue weighted by molar-refractivity contribution is 9.10. The van der Waals surface area contributed by atoms with E-state index < -0.39 is 5.82 Å². The Labute approximate surface area is 121 Å². The highest BCUT2D eigenvalue weighted by atomic mass is 79.9. The van der Waals surface area contributed by atoms with Crippen LogP contribution in [0.1, 0.15) is 43.5 Å². The zero-order chi connectivity index (χ0) is 14.0. The molecule has 1 aromatic carbocycles. The fourth-order valence-electron chi connectivity index (χ4n) is 2.95. The molecule has 0 aromatic heterocycles. The maximum Gasteiger partial charge on any atom is 0.252 e. The molecule has 1 saturated carbocycles. The smallest absolute Gasteiger partial charge is 0.252 e. The fraction of sp³-hybridized carbons (Fsp3) is 0.533. The Morgan fingerprint density at radius 2 is 2.21 bits per heavy atom. The van der Waals surface area contributed by atoms with Crippen molar-refractivity contribution in [3.05, 3.63) is 34.1 Å². The van der Waals surface area contributed by atoms with Gasteiger partial charge in [0.2, 0.25) is 0 Å². The van der Waals surface area contributed by atoms with Gasteiger partial charge >= 0.3 is 0 Å². The van der Waals surface area contributed by atoms with Crippen molar-refractivity contribution < 1.29 is 9.18 Å². The van der Waals surface area contributed by atoms with Crippen LogP contribution in [0.4, 0.5) is 4.39 Å². The molecule has 104 valence electrons. The minimum absolute atomic E-state index is 0.194. The zero-order valence-corrected chi connectivity index (χ0v) is 12.8. The number of rotatable bonds is 3. The summed E-state index contributed by atoms with van der Waals surface area (Å²) in [6, 6.07) is 4.74. The van der Waals surface area contributed by atoms with Crippen molar-refractivity contribution in [3.8, 4) is 0 Å². The first-order chi connectivity index (χ1) is 9.04. The number of nitrogens with one attached hydrogen (secondary N) is 1. The molecule has 19 heavy (non-hydrogen) atoms. The van der Waals surface area contributed by atoms with Crippen molar-refractivity contribution in [1.82, 2.24) is 5.32 Å². The molecule has 1 amide bonds. The summed E-state index contributed by atoms with van der Waals surface area (Å²) in [6.07, 6.45) is 3.32. The largest absolute Gasteiger partial charge is 0.349 e. The van der Waals surface area contributed by atoms with Gasteiger partial charge < -0.3 is 5.32 Å². The van der Waals surface area contributed by atoms with Gasteiger partial charge in [0.05, 0.1) is 10.0 Å². The molecule has 0 bridgehead atoms. The molecule has 0 aliphatic heterocycles. The van der Waals surface area contributed by atoms with E-state index in [-0.39, 0.29) is 16.4 Å². The van der Waals surface area contributed by atoms with Gasteiger partial charge in [0.1, 0.15) is 5.82 Å². The SMILES string of the molecule is CCC1CCC(NC(=O)c2cccc(F)c2Br)C1C. The van der Waals surface area contributed by atoms with Gasteiger partial charge in [0.15, 0.2) is 0 Å². The summed E-state index contributed by atoms with van der Waals surface area (Å²) in [5, 5.41) is 3.04. The molecule has 2 rings (SSSR count). The quantitative estimate of drug-likeness (QED) is 0.888. The Hall–Kier alpha value is -0.900. The number of benzene rings is 1. The molecule has 1 aliphatic rings. The molecule has 1 aliphatic carbocycles. The summed E-state index contributed by atoms with van der Waals surface area (Å²) in [4.78, 5) is 12.2. The molecular formula is C15H19BrFNO. The Balaban J connectivity index is 2.08. The summed E-state index contributed by atoms with van der Waals surface area (Å²) < 4.78 is 13.7. The van der Waals surface area contributed by atoms with Crippen LogP contribution in [-0.2, 0) is 0 Å². The molecule has 2 nitrogen and oxygen atoms in total. The van der Waals surface area contributed by atoms with Gasteiger partial charge in [0.25, 0.3) is 5.91 Å². The van der Waals surface area contributed by atoms with Crippen molar-refractivity contribution in [1.29, 1.82) is 0 Å². The highest BCUT2D eigenvalue weighted by Crippen LogP contribution is 2.34. The molecule has 3 unspecified atom stereocenters. The summed E-state index contributed by atoms with van der Waals surface area (Å²) in [5.41, 5.74) is 0.368. The van der Waals surface area contributed by atoms with E-state index in [0.717, 1.165) is 19.3 Å². The molecule has 0 saturated heterocycles. The van der Waals surface area contributed by atoms with Gasteiger partial charge in [-0.1, -0.05) is 26.3 Å². The monoisotopic (exact) mass is 327 g/mol. The zero-order valence-electron chi connectivity index (χ0n) is 11.2. The van der Waals surface area contributed by atoms with Gasteiger partial charge in [-0.25, -0.2) is 4.39 Å². The molecule has 0 spiro atoms. The van der Waals surface area contributed by atoms with Gasteiger partial charge in [-0.3, -0.25) is 4.79 Å². The van der Waals surface area contributed by atoms with E-state index in [1.165, 1.54) is 6.07 Å². The van der Waals surface area contributed by atoms with Crippen molar-refractivity contribution in [2.24, 2.45) is 11.8 Å². The maximum absolute atomic E-state index is 13.4. The maximum atomic E-state index is 13.4. The lowest BCUT2D eigenvalue weighted by atomic mass is 9.93. The second-order valence-electron chi connectivity index (χ2n) is 5.29. The Morgan fingerprint density at radius 3 is 2.84 bits per heavy atom. The molecule has 1 aromatic rings. The van der Waals surface area contributed by atoms with Crippen molar-refractivity contribution in [2.75, 3.05) is 0 Å². The van der Waals surface area contributed by atoms with Crippen LogP contribution in [-0.4, -0.2) is 11.9 Å². The van der Waals surface area contributed by atoms with E-state index >= 15 is 0 Å². The minimum atomic E-state index is -0.404. The van der Waals surface area contributed by atoms with Crippen LogP contribution in [0.15, 0.2) is 22.7 Å². The summed E-state index contributed by atoms with van der Waals surface area (Å²) in [7, 11) is 0. The molecule has 1 fully saturated rings. The number of carbonyl (C=O) groups excluding carboxylic acids is 1. The number of hydrogen-bond donors (Lipinski definition) is 1. The standard InChI is InChI=1S/C15H19BrFNO/c1-3-10-7-8-13(9(10)2)18-15(19)11-5-4-6-12(17)14(11)16/h4-6,9-10,13H,3,7-8H2,1-2H3,(H,18,19). The second kappa shape index (κ2) is 6.04. The van der Waals surface area contributed by atoms with E-state index in [0.29, 0.717) is 17.4 Å². The molecular weight excluding hydrogens is 309 g/mol. The fourth-order valence-corrected chi connectivity index (χ4v) is 3.40. The van der Waals surface area contributed by atoms with Crippen LogP contribution in [0.5, 0.6) is 0 Å². The van der Waals surface area contributed by atoms with E-state index in [1.807, 2.05) is 0 Å². The summed E-state index contributed by atoms with van der Waals surface area (Å²) in [6.45, 7) is 4.38. The van der Waals surface area contributed by atoms with E-state index in [4.69, 9.17) is 0 Å². The number of halogens is 2. The lowest BCUT2D eigenvalue weighted by Crippen LogP contribution is -2.37. The number of carbonyl (C=O) groups is 1. The number of amides is 1. The van der Waals surface area contributed by atoms with Crippen LogP contribution in [0.3, 0.4) is 0 Å². The average molecular weight is 328 g/mol. The van der Waals surface area contributed by atoms with Crippen molar-refractivity contribution in [2.45, 2.75) is 39.2 Å². The van der Waals surface area contributed by atoms with Gasteiger partial charge in [0, 0.05) is 6.04 Å². The highest BCUT2D eigenvalue weighted by Gasteiger charge is 2.32. The molecule has 4 heteroatoms. The first-order valence-corrected chi connectivity index (χ1v) is 7.58. The summed E-state index contributed by atoms with van der Waals surface area (Å²) in [5.74, 6) is 0.570. The van der Waals surface area contributed by atoms with Crippen LogP contribution in [0.25, 0.3) is 0 Å². The lowest BCUT2D eigenvalue weighted by Gasteiger charge is -2.21. The molecule has 3 atom stereocenters. The normalized spacial score (nSPS) is 26.4. The predicted molar refractivity (Wildman–Crippen MR) is 77.5 cm³/mol. The van der Waals surface area contributed by atoms with Crippen molar-refractivity contribution >= 4 is 21.8 Å². The van der Waals surface area contributed by atoms with Gasteiger partial charge in [-0.05, 0) is 52.7 Å². The van der Waals surface area contributed by atoms with Crippen LogP contribution < -0.4 is 5.32 Å². The molecule has 1 N–H and O–H groups in total. The first kappa shape index (κ1) is 14.5. The van der Waals surface area contributed by atoms with Gasteiger partial charge in [-0.2, -0.15) is 0 Å². The van der Waals surface area contributed by atoms with E-state index in [9.17, 15) is 9.18 Å². The molecule has 0 heterocycles. The third-order valence-electron chi connectivity index (χ3n) is 4.26. The van der Waals surface area contributed by atoms with Crippen molar-refractivity contribution in [3.63, 3.8) is 0 Å². The van der Waals surface area contributed by atoms with Gasteiger partial charge in [-0.15, -0.1) is 0 Å². The minimum Gasteiger partial charge on any atom is -0.349 e. The average Bonchev–Trinajstić information content (AvgIpc) is 2.73. The Kier molecular flexibility index (Phi) is 4.61. The van der Waals surface area contributed by atoms with E-state index in [2.05, 4.69) is 35.1 Å². The third-order valence-corrected chi connectivity index (χ3v) is 5.07. The summed E-state index contributed by atoms with van der Waals surface area (Å²) >= 11 is 3.13. The topological polar surface area (TPSA) is 29.1 Å². The first-order valence-electron chi connectivity index (χ1n) is 6.79. The Morgan fingerprint density at radius 1 is 1.47 bits per heavy atom. The lowest BCUT2D eigenvalue weighted by molar-refractivity contribution is 0.0925. The van der Waals surface area contributed by atoms with Crippen LogP contribution in [0.2, 0.25) is 0 Å². The van der Waals surface area contributed by atoms with E-state index in [1.54, 1.807) is 12.1 Å². The Bertz CT molecular complexity index is 477.